The average Bonchev–Trinajstić information content (AvgIpc) is 2.83. The maximum atomic E-state index is 12.4. The van der Waals surface area contributed by atoms with Crippen molar-refractivity contribution in [2.75, 3.05) is 12.4 Å². The Morgan fingerprint density at radius 2 is 1.58 bits per heavy atom. The summed E-state index contributed by atoms with van der Waals surface area (Å²) in [6, 6.07) is 21.4. The zero-order valence-corrected chi connectivity index (χ0v) is 18.2. The van der Waals surface area contributed by atoms with Crippen LogP contribution in [0, 0.1) is 11.3 Å². The van der Waals surface area contributed by atoms with Crippen LogP contribution >= 0.6 is 0 Å². The number of hydrogen-bond donors (Lipinski definition) is 1. The number of methoxy groups -OCH3 is 1. The van der Waals surface area contributed by atoms with Crippen LogP contribution in [0.1, 0.15) is 15.9 Å². The molecule has 33 heavy (non-hydrogen) atoms. The molecule has 0 radical (unpaired) electrons. The second-order valence-electron chi connectivity index (χ2n) is 6.61. The van der Waals surface area contributed by atoms with Gasteiger partial charge >= 0.3 is 16.1 Å². The second-order valence-corrected chi connectivity index (χ2v) is 8.16. The van der Waals surface area contributed by atoms with Crippen molar-refractivity contribution >= 4 is 33.8 Å². The summed E-state index contributed by atoms with van der Waals surface area (Å²) >= 11 is 0. The quantitative estimate of drug-likeness (QED) is 0.245. The lowest BCUT2D eigenvalue weighted by molar-refractivity contribution is -0.112. The van der Waals surface area contributed by atoms with Gasteiger partial charge in [-0.05, 0) is 60.2 Å². The Kier molecular flexibility index (Phi) is 7.23. The molecule has 3 aromatic rings. The zero-order chi connectivity index (χ0) is 23.8. The Hall–Kier alpha value is -4.42. The van der Waals surface area contributed by atoms with E-state index in [2.05, 4.69) is 10.1 Å². The highest BCUT2D eigenvalue weighted by Gasteiger charge is 2.16. The SMILES string of the molecule is COC(=O)c1ccc(NC(=O)/C(C#N)=C/c2ccc(OS(=O)(=O)c3ccccc3)cc2)cc1. The number of nitrogens with zero attached hydrogens (tertiary/aromatic N) is 1. The number of anilines is 1. The average molecular weight is 462 g/mol. The predicted molar refractivity (Wildman–Crippen MR) is 121 cm³/mol. The van der Waals surface area contributed by atoms with E-state index >= 15 is 0 Å². The number of carbonyl (C=O) groups excluding carboxylic acids is 2. The summed E-state index contributed by atoms with van der Waals surface area (Å²) in [5.41, 5.74) is 1.04. The summed E-state index contributed by atoms with van der Waals surface area (Å²) in [7, 11) is -2.71. The van der Waals surface area contributed by atoms with E-state index in [1.54, 1.807) is 18.2 Å². The van der Waals surface area contributed by atoms with E-state index in [4.69, 9.17) is 4.18 Å². The molecule has 1 N–H and O–H groups in total. The van der Waals surface area contributed by atoms with E-state index in [0.717, 1.165) is 0 Å². The van der Waals surface area contributed by atoms with Crippen LogP contribution < -0.4 is 9.50 Å². The van der Waals surface area contributed by atoms with Gasteiger partial charge in [-0.2, -0.15) is 13.7 Å². The molecular formula is C24H18N2O6S. The van der Waals surface area contributed by atoms with Gasteiger partial charge < -0.3 is 14.2 Å². The number of esters is 1. The number of nitrogens with one attached hydrogen (secondary N) is 1. The minimum absolute atomic E-state index is 0.0250. The van der Waals surface area contributed by atoms with Gasteiger partial charge in [0.15, 0.2) is 0 Å². The number of carbonyl (C=O) groups is 2. The molecule has 0 saturated heterocycles. The van der Waals surface area contributed by atoms with Gasteiger partial charge in [0.2, 0.25) is 0 Å². The highest BCUT2D eigenvalue weighted by Crippen LogP contribution is 2.20. The monoisotopic (exact) mass is 462 g/mol. The van der Waals surface area contributed by atoms with Crippen LogP contribution in [0.5, 0.6) is 5.75 Å². The zero-order valence-electron chi connectivity index (χ0n) is 17.4. The van der Waals surface area contributed by atoms with Gasteiger partial charge in [0.1, 0.15) is 22.3 Å². The number of benzene rings is 3. The number of ether oxygens (including phenoxy) is 1. The van der Waals surface area contributed by atoms with E-state index in [1.807, 2.05) is 6.07 Å². The highest BCUT2D eigenvalue weighted by atomic mass is 32.2. The summed E-state index contributed by atoms with van der Waals surface area (Å²) in [4.78, 5) is 23.9. The molecule has 166 valence electrons. The van der Waals surface area contributed by atoms with E-state index in [-0.39, 0.29) is 16.2 Å². The molecule has 3 rings (SSSR count). The molecule has 3 aromatic carbocycles. The number of nitriles is 1. The van der Waals surface area contributed by atoms with Crippen LogP contribution in [0.3, 0.4) is 0 Å². The summed E-state index contributed by atoms with van der Waals surface area (Å²) in [6.07, 6.45) is 1.35. The van der Waals surface area contributed by atoms with Crippen LogP contribution in [-0.2, 0) is 19.6 Å². The van der Waals surface area contributed by atoms with Crippen LogP contribution in [0.25, 0.3) is 6.08 Å². The topological polar surface area (TPSA) is 123 Å². The molecule has 0 heterocycles. The molecular weight excluding hydrogens is 444 g/mol. The van der Waals surface area contributed by atoms with Crippen molar-refractivity contribution in [3.8, 4) is 11.8 Å². The van der Waals surface area contributed by atoms with Gasteiger partial charge in [0.25, 0.3) is 5.91 Å². The fourth-order valence-corrected chi connectivity index (χ4v) is 3.65. The van der Waals surface area contributed by atoms with Crippen LogP contribution in [0.15, 0.2) is 89.3 Å². The molecule has 0 aliphatic rings. The first kappa shape index (κ1) is 23.2. The molecule has 8 nitrogen and oxygen atoms in total. The Morgan fingerprint density at radius 3 is 2.15 bits per heavy atom. The molecule has 0 unspecified atom stereocenters. The van der Waals surface area contributed by atoms with Gasteiger partial charge in [-0.1, -0.05) is 30.3 Å². The minimum atomic E-state index is -3.97. The maximum Gasteiger partial charge on any atom is 0.339 e. The molecule has 1 amide bonds. The van der Waals surface area contributed by atoms with Gasteiger partial charge in [-0.3, -0.25) is 4.79 Å². The lowest BCUT2D eigenvalue weighted by Gasteiger charge is -2.07. The maximum absolute atomic E-state index is 12.4. The third-order valence-electron chi connectivity index (χ3n) is 4.36. The first-order chi connectivity index (χ1) is 15.8. The molecule has 0 bridgehead atoms. The Bertz CT molecular complexity index is 1320. The smallest absolute Gasteiger partial charge is 0.339 e. The fraction of sp³-hybridized carbons (Fsp3) is 0.0417. The van der Waals surface area contributed by atoms with Crippen LogP contribution in [-0.4, -0.2) is 27.4 Å². The third-order valence-corrected chi connectivity index (χ3v) is 5.62. The van der Waals surface area contributed by atoms with Gasteiger partial charge in [-0.25, -0.2) is 4.79 Å². The van der Waals surface area contributed by atoms with Crippen LogP contribution in [0.2, 0.25) is 0 Å². The largest absolute Gasteiger partial charge is 0.465 e. The molecule has 0 aliphatic carbocycles. The van der Waals surface area contributed by atoms with Crippen molar-refractivity contribution in [2.45, 2.75) is 4.90 Å². The first-order valence-corrected chi connectivity index (χ1v) is 10.9. The number of amides is 1. The fourth-order valence-electron chi connectivity index (χ4n) is 2.70. The van der Waals surface area contributed by atoms with E-state index in [9.17, 15) is 23.3 Å². The second kappa shape index (κ2) is 10.3. The summed E-state index contributed by atoms with van der Waals surface area (Å²) in [5, 5.41) is 11.9. The van der Waals surface area contributed by atoms with Crippen molar-refractivity contribution in [3.05, 3.63) is 95.6 Å². The molecule has 0 aromatic heterocycles. The Morgan fingerprint density at radius 1 is 0.939 bits per heavy atom. The Labute approximate surface area is 190 Å². The molecule has 9 heteroatoms. The van der Waals surface area contributed by atoms with E-state index in [0.29, 0.717) is 16.8 Å². The molecule has 0 saturated carbocycles. The summed E-state index contributed by atoms with van der Waals surface area (Å²) < 4.78 is 34.3. The minimum Gasteiger partial charge on any atom is -0.465 e. The van der Waals surface area contributed by atoms with Crippen LogP contribution in [0.4, 0.5) is 5.69 Å². The Balaban J connectivity index is 1.70. The van der Waals surface area contributed by atoms with Crippen molar-refractivity contribution in [1.82, 2.24) is 0 Å². The van der Waals surface area contributed by atoms with E-state index in [1.165, 1.54) is 73.8 Å². The third kappa shape index (κ3) is 6.06. The summed E-state index contributed by atoms with van der Waals surface area (Å²) in [5.74, 6) is -1.06. The van der Waals surface area contributed by atoms with Gasteiger partial charge in [0.05, 0.1) is 12.7 Å². The molecule has 0 atom stereocenters. The highest BCUT2D eigenvalue weighted by molar-refractivity contribution is 7.87. The van der Waals surface area contributed by atoms with E-state index < -0.39 is 22.0 Å². The van der Waals surface area contributed by atoms with Crippen molar-refractivity contribution in [3.63, 3.8) is 0 Å². The number of rotatable bonds is 7. The lowest BCUT2D eigenvalue weighted by atomic mass is 10.1. The molecule has 0 aliphatic heterocycles. The first-order valence-electron chi connectivity index (χ1n) is 9.53. The lowest BCUT2D eigenvalue weighted by Crippen LogP contribution is -2.13. The predicted octanol–water partition coefficient (Wildman–Crippen LogP) is 3.79. The summed E-state index contributed by atoms with van der Waals surface area (Å²) in [6.45, 7) is 0. The number of hydrogen-bond acceptors (Lipinski definition) is 7. The van der Waals surface area contributed by atoms with Crippen molar-refractivity contribution in [2.24, 2.45) is 0 Å². The van der Waals surface area contributed by atoms with Crippen molar-refractivity contribution < 1.29 is 26.9 Å². The molecule has 0 spiro atoms. The van der Waals surface area contributed by atoms with Crippen molar-refractivity contribution in [1.29, 1.82) is 5.26 Å². The molecule has 0 fully saturated rings. The van der Waals surface area contributed by atoms with Gasteiger partial charge in [0, 0.05) is 5.69 Å². The standard InChI is InChI=1S/C24H18N2O6S/c1-31-24(28)18-9-11-20(12-10-18)26-23(27)19(16-25)15-17-7-13-21(14-8-17)32-33(29,30)22-5-3-2-4-6-22/h2-15H,1H3,(H,26,27)/b19-15+. The normalized spacial score (nSPS) is 11.2. The van der Waals surface area contributed by atoms with Gasteiger partial charge in [-0.15, -0.1) is 0 Å².